The molecule has 1 aromatic heterocycles. The molecule has 0 aliphatic carbocycles. The van der Waals surface area contributed by atoms with Crippen molar-refractivity contribution in [2.24, 2.45) is 0 Å². The van der Waals surface area contributed by atoms with Crippen LogP contribution in [0.4, 0.5) is 17.3 Å². The first kappa shape index (κ1) is 18.7. The van der Waals surface area contributed by atoms with Crippen LogP contribution in [0.5, 0.6) is 0 Å². The van der Waals surface area contributed by atoms with Crippen molar-refractivity contribution in [1.82, 2.24) is 20.2 Å². The summed E-state index contributed by atoms with van der Waals surface area (Å²) in [6.07, 6.45) is 2.90. The Morgan fingerprint density at radius 1 is 1.11 bits per heavy atom. The van der Waals surface area contributed by atoms with E-state index in [1.807, 2.05) is 26.1 Å². The van der Waals surface area contributed by atoms with Crippen molar-refractivity contribution in [3.05, 3.63) is 42.2 Å². The zero-order chi connectivity index (χ0) is 19.5. The van der Waals surface area contributed by atoms with Crippen molar-refractivity contribution in [1.29, 1.82) is 0 Å². The summed E-state index contributed by atoms with van der Waals surface area (Å²) in [6.45, 7) is 8.76. The third-order valence-electron chi connectivity index (χ3n) is 5.24. The van der Waals surface area contributed by atoms with E-state index < -0.39 is 0 Å². The summed E-state index contributed by atoms with van der Waals surface area (Å²) < 4.78 is 0. The molecule has 0 saturated carbocycles. The number of benzene rings is 1. The zero-order valence-corrected chi connectivity index (χ0v) is 16.6. The van der Waals surface area contributed by atoms with Crippen LogP contribution in [0, 0.1) is 0 Å². The van der Waals surface area contributed by atoms with Crippen LogP contribution in [-0.2, 0) is 11.2 Å². The van der Waals surface area contributed by atoms with Crippen molar-refractivity contribution < 1.29 is 4.79 Å². The summed E-state index contributed by atoms with van der Waals surface area (Å²) in [5.41, 5.74) is 3.41. The van der Waals surface area contributed by atoms with E-state index >= 15 is 0 Å². The lowest BCUT2D eigenvalue weighted by Gasteiger charge is -2.34. The maximum atomic E-state index is 12.0. The van der Waals surface area contributed by atoms with Gasteiger partial charge >= 0.3 is 0 Å². The van der Waals surface area contributed by atoms with Crippen molar-refractivity contribution in [3.8, 4) is 0 Å². The number of aromatic nitrogens is 2. The third-order valence-corrected chi connectivity index (χ3v) is 5.24. The molecule has 3 heterocycles. The van der Waals surface area contributed by atoms with Crippen molar-refractivity contribution in [2.75, 3.05) is 49.1 Å². The molecule has 1 fully saturated rings. The van der Waals surface area contributed by atoms with Gasteiger partial charge in [0.2, 0.25) is 11.9 Å². The second-order valence-electron chi connectivity index (χ2n) is 7.72. The minimum Gasteiger partial charge on any atom is -0.353 e. The monoisotopic (exact) mass is 380 g/mol. The lowest BCUT2D eigenvalue weighted by Crippen LogP contribution is -2.50. The van der Waals surface area contributed by atoms with Gasteiger partial charge in [0, 0.05) is 50.9 Å². The Bertz CT molecular complexity index is 817. The average Bonchev–Trinajstić information content (AvgIpc) is 3.12. The third kappa shape index (κ3) is 4.09. The second kappa shape index (κ2) is 8.14. The number of nitrogens with zero attached hydrogens (tertiary/aromatic N) is 5. The van der Waals surface area contributed by atoms with Crippen LogP contribution in [0.3, 0.4) is 0 Å². The number of hydrogen-bond acceptors (Lipinski definition) is 6. The summed E-state index contributed by atoms with van der Waals surface area (Å²) >= 11 is 0. The van der Waals surface area contributed by atoms with E-state index in [4.69, 9.17) is 4.98 Å². The maximum absolute atomic E-state index is 12.0. The molecule has 4 rings (SSSR count). The number of piperazine rings is 1. The number of fused-ring (bicyclic) bond motifs is 1. The quantitative estimate of drug-likeness (QED) is 0.854. The van der Waals surface area contributed by atoms with Crippen LogP contribution >= 0.6 is 0 Å². The standard InChI is InChI=1S/C21H28N6O/c1-16(2)23-20(28)15-25-10-12-26(13-11-25)21-22-14-19-18(24-21)8-9-27(19)17-6-4-3-5-7-17/h3-7,14,16H,8-13,15H2,1-2H3,(H,23,28). The number of anilines is 3. The van der Waals surface area contributed by atoms with Gasteiger partial charge in [0.25, 0.3) is 0 Å². The lowest BCUT2D eigenvalue weighted by molar-refractivity contribution is -0.122. The van der Waals surface area contributed by atoms with Crippen LogP contribution in [0.15, 0.2) is 36.5 Å². The first-order valence-corrected chi connectivity index (χ1v) is 10.1. The van der Waals surface area contributed by atoms with Crippen LogP contribution in [-0.4, -0.2) is 66.1 Å². The number of nitrogens with one attached hydrogen (secondary N) is 1. The molecule has 28 heavy (non-hydrogen) atoms. The summed E-state index contributed by atoms with van der Waals surface area (Å²) in [7, 11) is 0. The molecule has 0 bridgehead atoms. The highest BCUT2D eigenvalue weighted by molar-refractivity contribution is 5.78. The summed E-state index contributed by atoms with van der Waals surface area (Å²) in [5, 5.41) is 2.96. The molecule has 2 aliphatic rings. The lowest BCUT2D eigenvalue weighted by atomic mass is 10.3. The second-order valence-corrected chi connectivity index (χ2v) is 7.72. The predicted molar refractivity (Wildman–Crippen MR) is 111 cm³/mol. The molecule has 7 heteroatoms. The zero-order valence-electron chi connectivity index (χ0n) is 16.6. The molecule has 2 aromatic rings. The Labute approximate surface area is 166 Å². The Hall–Kier alpha value is -2.67. The van der Waals surface area contributed by atoms with Gasteiger partial charge in [-0.2, -0.15) is 0 Å². The topological polar surface area (TPSA) is 64.6 Å². The SMILES string of the molecule is CC(C)NC(=O)CN1CCN(c2ncc3c(n2)CCN3c2ccccc2)CC1. The number of carbonyl (C=O) groups is 1. The minimum absolute atomic E-state index is 0.0956. The summed E-state index contributed by atoms with van der Waals surface area (Å²) in [5.74, 6) is 0.901. The van der Waals surface area contributed by atoms with E-state index in [2.05, 4.69) is 49.3 Å². The minimum atomic E-state index is 0.0956. The van der Waals surface area contributed by atoms with E-state index in [-0.39, 0.29) is 11.9 Å². The molecule has 1 N–H and O–H groups in total. The average molecular weight is 380 g/mol. The molecular weight excluding hydrogens is 352 g/mol. The Morgan fingerprint density at radius 3 is 2.57 bits per heavy atom. The van der Waals surface area contributed by atoms with Gasteiger partial charge in [-0.15, -0.1) is 0 Å². The van der Waals surface area contributed by atoms with Crippen molar-refractivity contribution >= 4 is 23.2 Å². The molecule has 0 radical (unpaired) electrons. The van der Waals surface area contributed by atoms with Crippen molar-refractivity contribution in [2.45, 2.75) is 26.3 Å². The van der Waals surface area contributed by atoms with Gasteiger partial charge in [-0.1, -0.05) is 18.2 Å². The first-order chi connectivity index (χ1) is 13.6. The summed E-state index contributed by atoms with van der Waals surface area (Å²) in [4.78, 5) is 28.2. The van der Waals surface area contributed by atoms with Crippen LogP contribution in [0.2, 0.25) is 0 Å². The molecule has 1 amide bonds. The normalized spacial score (nSPS) is 17.1. The maximum Gasteiger partial charge on any atom is 0.234 e. The smallest absolute Gasteiger partial charge is 0.234 e. The fourth-order valence-corrected chi connectivity index (χ4v) is 3.85. The fraction of sp³-hybridized carbons (Fsp3) is 0.476. The van der Waals surface area contributed by atoms with Gasteiger partial charge in [-0.3, -0.25) is 9.69 Å². The Kier molecular flexibility index (Phi) is 5.43. The number of rotatable bonds is 5. The van der Waals surface area contributed by atoms with E-state index in [1.165, 1.54) is 5.69 Å². The molecule has 0 unspecified atom stereocenters. The number of hydrogen-bond donors (Lipinski definition) is 1. The van der Waals surface area contributed by atoms with Gasteiger partial charge in [0.1, 0.15) is 0 Å². The molecular formula is C21H28N6O. The van der Waals surface area contributed by atoms with Gasteiger partial charge < -0.3 is 15.1 Å². The Morgan fingerprint density at radius 2 is 1.86 bits per heavy atom. The number of amides is 1. The van der Waals surface area contributed by atoms with Gasteiger partial charge in [0.15, 0.2) is 0 Å². The highest BCUT2D eigenvalue weighted by atomic mass is 16.2. The van der Waals surface area contributed by atoms with Gasteiger partial charge in [0.05, 0.1) is 24.1 Å². The molecule has 2 aliphatic heterocycles. The molecule has 1 saturated heterocycles. The van der Waals surface area contributed by atoms with Crippen molar-refractivity contribution in [3.63, 3.8) is 0 Å². The fourth-order valence-electron chi connectivity index (χ4n) is 3.85. The highest BCUT2D eigenvalue weighted by Gasteiger charge is 2.25. The van der Waals surface area contributed by atoms with E-state index in [0.717, 1.165) is 56.5 Å². The summed E-state index contributed by atoms with van der Waals surface area (Å²) in [6, 6.07) is 10.6. The van der Waals surface area contributed by atoms with Gasteiger partial charge in [-0.05, 0) is 26.0 Å². The molecule has 148 valence electrons. The molecule has 7 nitrogen and oxygen atoms in total. The van der Waals surface area contributed by atoms with E-state index in [0.29, 0.717) is 6.54 Å². The van der Waals surface area contributed by atoms with Crippen LogP contribution in [0.25, 0.3) is 0 Å². The Balaban J connectivity index is 1.37. The molecule has 0 atom stereocenters. The van der Waals surface area contributed by atoms with E-state index in [9.17, 15) is 4.79 Å². The largest absolute Gasteiger partial charge is 0.353 e. The first-order valence-electron chi connectivity index (χ1n) is 10.1. The number of para-hydroxylation sites is 1. The van der Waals surface area contributed by atoms with E-state index in [1.54, 1.807) is 0 Å². The highest BCUT2D eigenvalue weighted by Crippen LogP contribution is 2.33. The van der Waals surface area contributed by atoms with Gasteiger partial charge in [-0.25, -0.2) is 9.97 Å². The number of carbonyl (C=O) groups excluding carboxylic acids is 1. The molecule has 1 aromatic carbocycles. The van der Waals surface area contributed by atoms with Crippen LogP contribution < -0.4 is 15.1 Å². The molecule has 0 spiro atoms. The van der Waals surface area contributed by atoms with Crippen LogP contribution in [0.1, 0.15) is 19.5 Å². The predicted octanol–water partition coefficient (Wildman–Crippen LogP) is 1.82.